The highest BCUT2D eigenvalue weighted by Gasteiger charge is 2.42. The molecule has 5 heteroatoms. The zero-order chi connectivity index (χ0) is 14.8. The third-order valence-corrected chi connectivity index (χ3v) is 5.19. The molecule has 3 rings (SSSR count). The molecule has 4 nitrogen and oxygen atoms in total. The highest BCUT2D eigenvalue weighted by atomic mass is 127. The van der Waals surface area contributed by atoms with Crippen LogP contribution in [0.15, 0.2) is 24.3 Å². The molecular weight excluding hydrogens is 377 g/mol. The zero-order valence-electron chi connectivity index (χ0n) is 11.8. The van der Waals surface area contributed by atoms with E-state index in [4.69, 9.17) is 5.26 Å². The van der Waals surface area contributed by atoms with Crippen molar-refractivity contribution in [3.63, 3.8) is 0 Å². The van der Waals surface area contributed by atoms with Crippen molar-refractivity contribution in [1.29, 1.82) is 5.26 Å². The first-order valence-electron chi connectivity index (χ1n) is 7.38. The van der Waals surface area contributed by atoms with Crippen molar-refractivity contribution in [2.24, 2.45) is 0 Å². The van der Waals surface area contributed by atoms with Crippen molar-refractivity contribution in [2.45, 2.75) is 37.8 Å². The van der Waals surface area contributed by atoms with Gasteiger partial charge in [-0.15, -0.1) is 0 Å². The van der Waals surface area contributed by atoms with Crippen molar-refractivity contribution in [3.05, 3.63) is 35.4 Å². The van der Waals surface area contributed by atoms with E-state index in [1.54, 1.807) is 0 Å². The number of rotatable bonds is 3. The molecule has 2 aliphatic heterocycles. The van der Waals surface area contributed by atoms with Gasteiger partial charge in [0.15, 0.2) is 0 Å². The number of carbonyl (C=O) groups is 1. The molecule has 2 bridgehead atoms. The summed E-state index contributed by atoms with van der Waals surface area (Å²) in [5.41, 5.74) is 1.89. The second-order valence-electron chi connectivity index (χ2n) is 5.78. The molecule has 21 heavy (non-hydrogen) atoms. The van der Waals surface area contributed by atoms with Crippen molar-refractivity contribution in [1.82, 2.24) is 8.01 Å². The van der Waals surface area contributed by atoms with Crippen molar-refractivity contribution in [3.8, 4) is 6.07 Å². The quantitative estimate of drug-likeness (QED) is 0.584. The molecule has 2 fully saturated rings. The maximum absolute atomic E-state index is 12.7. The lowest BCUT2D eigenvalue weighted by molar-refractivity contribution is 0.0568. The van der Waals surface area contributed by atoms with Crippen molar-refractivity contribution < 1.29 is 4.79 Å². The summed E-state index contributed by atoms with van der Waals surface area (Å²) in [5, 5.41) is 8.61. The van der Waals surface area contributed by atoms with E-state index in [-0.39, 0.29) is 5.91 Å². The third-order valence-electron chi connectivity index (χ3n) is 4.40. The van der Waals surface area contributed by atoms with Crippen molar-refractivity contribution >= 4 is 28.8 Å². The predicted octanol–water partition coefficient (Wildman–Crippen LogP) is 2.78. The number of aryl methyl sites for hydroxylation is 1. The minimum absolute atomic E-state index is 0.166. The van der Waals surface area contributed by atoms with Crippen LogP contribution in [0.3, 0.4) is 0 Å². The van der Waals surface area contributed by atoms with Crippen LogP contribution in [0.5, 0.6) is 0 Å². The first-order chi connectivity index (χ1) is 10.2. The minimum Gasteiger partial charge on any atom is -0.330 e. The van der Waals surface area contributed by atoms with Crippen LogP contribution in [0.25, 0.3) is 0 Å². The molecule has 0 saturated carbocycles. The van der Waals surface area contributed by atoms with Gasteiger partial charge in [0.25, 0.3) is 5.91 Å². The summed E-state index contributed by atoms with van der Waals surface area (Å²) in [6.07, 6.45) is 3.52. The van der Waals surface area contributed by atoms with Crippen LogP contribution in [0.2, 0.25) is 0 Å². The van der Waals surface area contributed by atoms with E-state index >= 15 is 0 Å². The summed E-state index contributed by atoms with van der Waals surface area (Å²) in [5.74, 6) is 0.166. The molecule has 2 saturated heterocycles. The standard InChI is InChI=1S/C16H18IN3O/c17-19-10-14-7-8-15(11-19)20(14)16(21)13-5-3-12(4-6-13)2-1-9-18/h3-6,14-15H,1-2,7-8,10-11H2. The average molecular weight is 395 g/mol. The lowest BCUT2D eigenvalue weighted by Crippen LogP contribution is -2.53. The second kappa shape index (κ2) is 6.32. The number of nitriles is 1. The molecule has 2 aliphatic rings. The molecule has 2 atom stereocenters. The SMILES string of the molecule is N#CCCc1ccc(C(=O)N2C3CCC2CN(I)C3)cc1. The molecule has 0 radical (unpaired) electrons. The highest BCUT2D eigenvalue weighted by Crippen LogP contribution is 2.32. The Labute approximate surface area is 139 Å². The molecule has 0 N–H and O–H groups in total. The number of amides is 1. The number of hydrogen-bond donors (Lipinski definition) is 0. The van der Waals surface area contributed by atoms with Crippen LogP contribution in [-0.4, -0.2) is 39.1 Å². The lowest BCUT2D eigenvalue weighted by atomic mass is 10.1. The third kappa shape index (κ3) is 3.06. The molecular formula is C16H18IN3O. The summed E-state index contributed by atoms with van der Waals surface area (Å²) in [4.78, 5) is 14.8. The van der Waals surface area contributed by atoms with Crippen LogP contribution in [0.1, 0.15) is 35.2 Å². The Morgan fingerprint density at radius 2 is 1.86 bits per heavy atom. The van der Waals surface area contributed by atoms with E-state index in [2.05, 4.69) is 36.9 Å². The Kier molecular flexibility index (Phi) is 4.45. The first kappa shape index (κ1) is 14.8. The van der Waals surface area contributed by atoms with Gasteiger partial charge in [-0.1, -0.05) is 12.1 Å². The Balaban J connectivity index is 1.72. The minimum atomic E-state index is 0.166. The van der Waals surface area contributed by atoms with Crippen LogP contribution < -0.4 is 0 Å². The largest absolute Gasteiger partial charge is 0.330 e. The summed E-state index contributed by atoms with van der Waals surface area (Å²) in [6.45, 7) is 1.95. The second-order valence-corrected chi connectivity index (χ2v) is 7.14. The van der Waals surface area contributed by atoms with Gasteiger partial charge in [-0.3, -0.25) is 4.79 Å². The highest BCUT2D eigenvalue weighted by molar-refractivity contribution is 14.1. The number of nitrogens with zero attached hydrogens (tertiary/aromatic N) is 3. The van der Waals surface area contributed by atoms with Crippen LogP contribution in [-0.2, 0) is 6.42 Å². The monoisotopic (exact) mass is 395 g/mol. The fraction of sp³-hybridized carbons (Fsp3) is 0.500. The van der Waals surface area contributed by atoms with E-state index in [1.165, 1.54) is 0 Å². The van der Waals surface area contributed by atoms with Crippen LogP contribution >= 0.6 is 22.9 Å². The van der Waals surface area contributed by atoms with Crippen molar-refractivity contribution in [2.75, 3.05) is 13.1 Å². The number of carbonyl (C=O) groups excluding carboxylic acids is 1. The summed E-state index contributed by atoms with van der Waals surface area (Å²) < 4.78 is 2.30. The van der Waals surface area contributed by atoms with Gasteiger partial charge in [-0.2, -0.15) is 5.26 Å². The first-order valence-corrected chi connectivity index (χ1v) is 8.35. The normalized spacial score (nSPS) is 24.9. The molecule has 2 heterocycles. The molecule has 1 aromatic carbocycles. The summed E-state index contributed by atoms with van der Waals surface area (Å²) >= 11 is 2.36. The average Bonchev–Trinajstić information content (AvgIpc) is 2.77. The summed E-state index contributed by atoms with van der Waals surface area (Å²) in [7, 11) is 0. The van der Waals surface area contributed by atoms with Crippen LogP contribution in [0.4, 0.5) is 0 Å². The van der Waals surface area contributed by atoms with Gasteiger partial charge >= 0.3 is 0 Å². The predicted molar refractivity (Wildman–Crippen MR) is 88.9 cm³/mol. The fourth-order valence-electron chi connectivity index (χ4n) is 3.35. The fourth-order valence-corrected chi connectivity index (χ4v) is 4.26. The van der Waals surface area contributed by atoms with Gasteiger partial charge in [0.05, 0.1) is 6.07 Å². The maximum atomic E-state index is 12.7. The van der Waals surface area contributed by atoms with Gasteiger partial charge in [0.1, 0.15) is 0 Å². The lowest BCUT2D eigenvalue weighted by Gasteiger charge is -2.38. The van der Waals surface area contributed by atoms with E-state index in [1.807, 2.05) is 24.3 Å². The van der Waals surface area contributed by atoms with Crippen LogP contribution in [0, 0.1) is 11.3 Å². The van der Waals surface area contributed by atoms with E-state index in [0.29, 0.717) is 18.5 Å². The van der Waals surface area contributed by atoms with Gasteiger partial charge in [0, 0.05) is 60.0 Å². The summed E-state index contributed by atoms with van der Waals surface area (Å²) in [6, 6.07) is 10.6. The Bertz CT molecular complexity index is 552. The number of halogens is 1. The molecule has 0 aromatic heterocycles. The Morgan fingerprint density at radius 3 is 2.43 bits per heavy atom. The van der Waals surface area contributed by atoms with E-state index < -0.39 is 0 Å². The number of hydrogen-bond acceptors (Lipinski definition) is 3. The maximum Gasteiger partial charge on any atom is 0.254 e. The molecule has 0 aliphatic carbocycles. The molecule has 110 valence electrons. The van der Waals surface area contributed by atoms with E-state index in [0.717, 1.165) is 43.5 Å². The van der Waals surface area contributed by atoms with Gasteiger partial charge in [-0.05, 0) is 37.0 Å². The Hall–Kier alpha value is -1.13. The van der Waals surface area contributed by atoms with E-state index in [9.17, 15) is 4.79 Å². The molecule has 1 amide bonds. The topological polar surface area (TPSA) is 47.3 Å². The number of fused-ring (bicyclic) bond motifs is 2. The smallest absolute Gasteiger partial charge is 0.254 e. The van der Waals surface area contributed by atoms with Gasteiger partial charge in [-0.25, -0.2) is 3.11 Å². The molecule has 0 spiro atoms. The molecule has 1 aromatic rings. The van der Waals surface area contributed by atoms with Gasteiger partial charge in [0.2, 0.25) is 0 Å². The number of piperazine rings is 1. The number of benzene rings is 1. The zero-order valence-corrected chi connectivity index (χ0v) is 14.0. The Morgan fingerprint density at radius 1 is 1.24 bits per heavy atom. The molecule has 2 unspecified atom stereocenters. The van der Waals surface area contributed by atoms with Gasteiger partial charge < -0.3 is 4.90 Å².